The highest BCUT2D eigenvalue weighted by atomic mass is 16.5. The van der Waals surface area contributed by atoms with Crippen LogP contribution in [0.15, 0.2) is 84.9 Å². The standard InChI is InChI=1S/C32H31N3O2/c1-22-10-7-11-23(2)31(22)35-21-25(20-30(35)36)32-33-27-15-5-6-16-28(27)34(32)18-9-19-37-29-17-8-13-24-12-3-4-14-26(24)29/h3-8,10-17,25H,9,18-21H2,1-2H3. The Labute approximate surface area is 217 Å². The first-order valence-electron chi connectivity index (χ1n) is 13.0. The van der Waals surface area contributed by atoms with Gasteiger partial charge in [-0.3, -0.25) is 4.79 Å². The van der Waals surface area contributed by atoms with E-state index in [-0.39, 0.29) is 11.8 Å². The summed E-state index contributed by atoms with van der Waals surface area (Å²) in [7, 11) is 0. The fourth-order valence-electron chi connectivity index (χ4n) is 5.70. The number of aromatic nitrogens is 2. The maximum atomic E-state index is 13.2. The van der Waals surface area contributed by atoms with Crippen LogP contribution in [-0.4, -0.2) is 28.6 Å². The number of carbonyl (C=O) groups excluding carboxylic acids is 1. The van der Waals surface area contributed by atoms with Gasteiger partial charge in [0.25, 0.3) is 0 Å². The van der Waals surface area contributed by atoms with Crippen molar-refractivity contribution in [3.8, 4) is 5.75 Å². The number of ether oxygens (including phenoxy) is 1. The molecule has 1 amide bonds. The van der Waals surface area contributed by atoms with Crippen molar-refractivity contribution in [3.05, 3.63) is 102 Å². The molecule has 37 heavy (non-hydrogen) atoms. The van der Waals surface area contributed by atoms with Gasteiger partial charge < -0.3 is 14.2 Å². The average Bonchev–Trinajstić information content (AvgIpc) is 3.47. The smallest absolute Gasteiger partial charge is 0.227 e. The van der Waals surface area contributed by atoms with Gasteiger partial charge in [0, 0.05) is 36.5 Å². The van der Waals surface area contributed by atoms with E-state index in [1.54, 1.807) is 0 Å². The monoisotopic (exact) mass is 489 g/mol. The highest BCUT2D eigenvalue weighted by Gasteiger charge is 2.35. The number of fused-ring (bicyclic) bond motifs is 2. The normalized spacial score (nSPS) is 15.7. The zero-order valence-corrected chi connectivity index (χ0v) is 21.4. The van der Waals surface area contributed by atoms with Crippen molar-refractivity contribution >= 4 is 33.4 Å². The number of aryl methyl sites for hydroxylation is 3. The number of amides is 1. The highest BCUT2D eigenvalue weighted by molar-refractivity contribution is 5.98. The first-order chi connectivity index (χ1) is 18.1. The van der Waals surface area contributed by atoms with E-state index in [4.69, 9.17) is 9.72 Å². The van der Waals surface area contributed by atoms with Gasteiger partial charge in [-0.25, -0.2) is 4.98 Å². The number of benzene rings is 4. The number of para-hydroxylation sites is 3. The van der Waals surface area contributed by atoms with Gasteiger partial charge >= 0.3 is 0 Å². The van der Waals surface area contributed by atoms with Crippen LogP contribution in [0.4, 0.5) is 5.69 Å². The average molecular weight is 490 g/mol. The molecule has 1 saturated heterocycles. The molecule has 0 spiro atoms. The van der Waals surface area contributed by atoms with Crippen LogP contribution in [0.3, 0.4) is 0 Å². The minimum Gasteiger partial charge on any atom is -0.493 e. The highest BCUT2D eigenvalue weighted by Crippen LogP contribution is 2.36. The molecule has 5 aromatic rings. The Bertz CT molecular complexity index is 1580. The van der Waals surface area contributed by atoms with Gasteiger partial charge in [-0.2, -0.15) is 0 Å². The zero-order chi connectivity index (χ0) is 25.4. The lowest BCUT2D eigenvalue weighted by Crippen LogP contribution is -2.26. The van der Waals surface area contributed by atoms with E-state index >= 15 is 0 Å². The Kier molecular flexibility index (Phi) is 6.13. The lowest BCUT2D eigenvalue weighted by molar-refractivity contribution is -0.117. The molecule has 0 saturated carbocycles. The summed E-state index contributed by atoms with van der Waals surface area (Å²) in [5.74, 6) is 2.13. The van der Waals surface area contributed by atoms with Crippen molar-refractivity contribution in [1.82, 2.24) is 9.55 Å². The number of hydrogen-bond acceptors (Lipinski definition) is 3. The van der Waals surface area contributed by atoms with E-state index in [9.17, 15) is 4.79 Å². The van der Waals surface area contributed by atoms with Gasteiger partial charge in [-0.1, -0.05) is 66.7 Å². The van der Waals surface area contributed by atoms with Crippen LogP contribution in [-0.2, 0) is 11.3 Å². The maximum Gasteiger partial charge on any atom is 0.227 e. The van der Waals surface area contributed by atoms with Crippen LogP contribution < -0.4 is 9.64 Å². The molecule has 4 aromatic carbocycles. The molecule has 0 N–H and O–H groups in total. The predicted octanol–water partition coefficient (Wildman–Crippen LogP) is 6.80. The summed E-state index contributed by atoms with van der Waals surface area (Å²) in [6.07, 6.45) is 1.32. The number of nitrogens with zero attached hydrogens (tertiary/aromatic N) is 3. The zero-order valence-electron chi connectivity index (χ0n) is 21.4. The van der Waals surface area contributed by atoms with Crippen molar-refractivity contribution < 1.29 is 9.53 Å². The Morgan fingerprint density at radius 3 is 2.49 bits per heavy atom. The summed E-state index contributed by atoms with van der Waals surface area (Å²) < 4.78 is 8.52. The van der Waals surface area contributed by atoms with Crippen LogP contribution in [0.2, 0.25) is 0 Å². The summed E-state index contributed by atoms with van der Waals surface area (Å²) in [5.41, 5.74) is 5.40. The summed E-state index contributed by atoms with van der Waals surface area (Å²) in [4.78, 5) is 20.2. The first-order valence-corrected chi connectivity index (χ1v) is 13.0. The van der Waals surface area contributed by atoms with E-state index in [0.29, 0.717) is 19.6 Å². The van der Waals surface area contributed by atoms with Crippen molar-refractivity contribution in [3.63, 3.8) is 0 Å². The van der Waals surface area contributed by atoms with Crippen LogP contribution in [0.25, 0.3) is 21.8 Å². The van der Waals surface area contributed by atoms with Crippen LogP contribution >= 0.6 is 0 Å². The molecule has 2 heterocycles. The van der Waals surface area contributed by atoms with Crippen LogP contribution in [0.5, 0.6) is 5.75 Å². The molecule has 1 atom stereocenters. The maximum absolute atomic E-state index is 13.2. The largest absolute Gasteiger partial charge is 0.493 e. The summed E-state index contributed by atoms with van der Waals surface area (Å²) >= 11 is 0. The van der Waals surface area contributed by atoms with Gasteiger partial charge in [-0.15, -0.1) is 0 Å². The molecule has 186 valence electrons. The number of hydrogen-bond donors (Lipinski definition) is 0. The second-order valence-electron chi connectivity index (χ2n) is 9.94. The molecule has 5 nitrogen and oxygen atoms in total. The number of carbonyl (C=O) groups is 1. The Morgan fingerprint density at radius 2 is 1.62 bits per heavy atom. The fourth-order valence-corrected chi connectivity index (χ4v) is 5.70. The predicted molar refractivity (Wildman–Crippen MR) is 149 cm³/mol. The molecule has 1 aromatic heterocycles. The third-order valence-corrected chi connectivity index (χ3v) is 7.42. The summed E-state index contributed by atoms with van der Waals surface area (Å²) in [6, 6.07) is 28.9. The molecule has 0 bridgehead atoms. The molecule has 0 aliphatic carbocycles. The van der Waals surface area contributed by atoms with E-state index in [0.717, 1.165) is 57.8 Å². The molecule has 1 aliphatic heterocycles. The molecular formula is C32H31N3O2. The minimum atomic E-state index is 0.0536. The molecule has 1 aliphatic rings. The Hall–Kier alpha value is -4.12. The molecule has 1 unspecified atom stereocenters. The topological polar surface area (TPSA) is 47.4 Å². The molecule has 0 radical (unpaired) electrons. The third-order valence-electron chi connectivity index (χ3n) is 7.42. The molecule has 1 fully saturated rings. The number of imidazole rings is 1. The van der Waals surface area contributed by atoms with Crippen molar-refractivity contribution in [1.29, 1.82) is 0 Å². The quantitative estimate of drug-likeness (QED) is 0.236. The first kappa shape index (κ1) is 23.3. The lowest BCUT2D eigenvalue weighted by Gasteiger charge is -2.21. The van der Waals surface area contributed by atoms with Gasteiger partial charge in [-0.05, 0) is 55.0 Å². The van der Waals surface area contributed by atoms with Crippen molar-refractivity contribution in [2.45, 2.75) is 39.2 Å². The SMILES string of the molecule is Cc1cccc(C)c1N1CC(c2nc3ccccc3n2CCCOc2cccc3ccccc23)CC1=O. The van der Waals surface area contributed by atoms with E-state index in [1.165, 1.54) is 5.39 Å². The lowest BCUT2D eigenvalue weighted by atomic mass is 10.1. The fraction of sp³-hybridized carbons (Fsp3) is 0.250. The van der Waals surface area contributed by atoms with Crippen LogP contribution in [0, 0.1) is 13.8 Å². The second-order valence-corrected chi connectivity index (χ2v) is 9.94. The molecule has 5 heteroatoms. The third kappa shape index (κ3) is 4.35. The number of anilines is 1. The van der Waals surface area contributed by atoms with Crippen molar-refractivity contribution in [2.24, 2.45) is 0 Å². The van der Waals surface area contributed by atoms with Crippen LogP contribution in [0.1, 0.15) is 35.7 Å². The minimum absolute atomic E-state index is 0.0536. The van der Waals surface area contributed by atoms with E-state index in [1.807, 2.05) is 41.3 Å². The Balaban J connectivity index is 1.23. The van der Waals surface area contributed by atoms with E-state index < -0.39 is 0 Å². The summed E-state index contributed by atoms with van der Waals surface area (Å²) in [6.45, 7) is 6.20. The second kappa shape index (κ2) is 9.74. The molecule has 6 rings (SSSR count). The van der Waals surface area contributed by atoms with Gasteiger partial charge in [0.2, 0.25) is 5.91 Å². The Morgan fingerprint density at radius 1 is 0.892 bits per heavy atom. The molecular weight excluding hydrogens is 458 g/mol. The summed E-state index contributed by atoms with van der Waals surface area (Å²) in [5, 5.41) is 2.32. The van der Waals surface area contributed by atoms with Gasteiger partial charge in [0.15, 0.2) is 0 Å². The van der Waals surface area contributed by atoms with Crippen molar-refractivity contribution in [2.75, 3.05) is 18.1 Å². The van der Waals surface area contributed by atoms with Gasteiger partial charge in [0.1, 0.15) is 11.6 Å². The van der Waals surface area contributed by atoms with Gasteiger partial charge in [0.05, 0.1) is 17.6 Å². The number of rotatable bonds is 7. The van der Waals surface area contributed by atoms with E-state index in [2.05, 4.69) is 66.9 Å².